The summed E-state index contributed by atoms with van der Waals surface area (Å²) in [4.78, 5) is 0.117. The summed E-state index contributed by atoms with van der Waals surface area (Å²) in [5.74, 6) is 0. The Morgan fingerprint density at radius 1 is 0.704 bits per heavy atom. The van der Waals surface area contributed by atoms with Crippen LogP contribution in [-0.4, -0.2) is 8.42 Å². The fraction of sp³-hybridized carbons (Fsp3) is 0.0526. The lowest BCUT2D eigenvalue weighted by Crippen LogP contribution is -2.12. The van der Waals surface area contributed by atoms with Crippen LogP contribution >= 0.6 is 0 Å². The number of rotatable bonds is 5. The Kier molecular flexibility index (Phi) is 5.09. The molecule has 2 N–H and O–H groups in total. The van der Waals surface area contributed by atoms with Gasteiger partial charge in [0.2, 0.25) is 0 Å². The highest BCUT2D eigenvalue weighted by molar-refractivity contribution is 7.92. The van der Waals surface area contributed by atoms with Gasteiger partial charge in [-0.2, -0.15) is 13.2 Å². The topological polar surface area (TPSA) is 58.2 Å². The zero-order valence-corrected chi connectivity index (χ0v) is 14.7. The van der Waals surface area contributed by atoms with E-state index in [0.29, 0.717) is 11.4 Å². The van der Waals surface area contributed by atoms with E-state index in [9.17, 15) is 21.6 Å². The molecule has 0 unspecified atom stereocenters. The Morgan fingerprint density at radius 3 is 1.89 bits per heavy atom. The van der Waals surface area contributed by atoms with Crippen LogP contribution in [0.1, 0.15) is 5.56 Å². The van der Waals surface area contributed by atoms with E-state index in [1.807, 2.05) is 0 Å². The fourth-order valence-electron chi connectivity index (χ4n) is 2.43. The molecule has 0 heterocycles. The molecule has 8 heteroatoms. The lowest BCUT2D eigenvalue weighted by atomic mass is 10.1. The smallest absolute Gasteiger partial charge is 0.355 e. The third-order valence-corrected chi connectivity index (χ3v) is 5.10. The predicted octanol–water partition coefficient (Wildman–Crippen LogP) is 5.25. The number of alkyl halides is 3. The predicted molar refractivity (Wildman–Crippen MR) is 98.4 cm³/mol. The molecule has 0 amide bonds. The Hall–Kier alpha value is -3.00. The van der Waals surface area contributed by atoms with Crippen molar-refractivity contribution in [3.8, 4) is 0 Å². The lowest BCUT2D eigenvalue weighted by Gasteiger charge is -2.15. The van der Waals surface area contributed by atoms with Crippen molar-refractivity contribution < 1.29 is 21.6 Å². The molecule has 0 bridgehead atoms. The molecule has 0 spiro atoms. The maximum Gasteiger partial charge on any atom is 0.418 e. The molecule has 0 saturated carbocycles. The van der Waals surface area contributed by atoms with Gasteiger partial charge < -0.3 is 5.32 Å². The van der Waals surface area contributed by atoms with Crippen molar-refractivity contribution in [3.05, 3.63) is 84.4 Å². The molecule has 4 nitrogen and oxygen atoms in total. The third kappa shape index (κ3) is 4.59. The first-order valence-corrected chi connectivity index (χ1v) is 9.35. The number of halogens is 3. The molecule has 3 aromatic rings. The van der Waals surface area contributed by atoms with Crippen molar-refractivity contribution in [1.82, 2.24) is 0 Å². The summed E-state index contributed by atoms with van der Waals surface area (Å²) < 4.78 is 66.1. The van der Waals surface area contributed by atoms with Gasteiger partial charge in [0.25, 0.3) is 10.0 Å². The van der Waals surface area contributed by atoms with Gasteiger partial charge in [0, 0.05) is 11.4 Å². The van der Waals surface area contributed by atoms with Crippen LogP contribution in [0.2, 0.25) is 0 Å². The quantitative estimate of drug-likeness (QED) is 0.624. The minimum absolute atomic E-state index is 0.0809. The SMILES string of the molecule is O=S(=O)(Nc1ccc(Nc2ccccc2C(F)(F)F)cc1)c1ccccc1. The van der Waals surface area contributed by atoms with Crippen LogP contribution in [-0.2, 0) is 16.2 Å². The minimum Gasteiger partial charge on any atom is -0.355 e. The molecular weight excluding hydrogens is 377 g/mol. The van der Waals surface area contributed by atoms with Gasteiger partial charge in [-0.25, -0.2) is 8.42 Å². The monoisotopic (exact) mass is 392 g/mol. The number of hydrogen-bond acceptors (Lipinski definition) is 3. The molecule has 0 radical (unpaired) electrons. The van der Waals surface area contributed by atoms with Gasteiger partial charge in [0.05, 0.1) is 16.1 Å². The van der Waals surface area contributed by atoms with Crippen molar-refractivity contribution in [2.45, 2.75) is 11.1 Å². The number of para-hydroxylation sites is 1. The summed E-state index contributed by atoms with van der Waals surface area (Å²) >= 11 is 0. The zero-order valence-electron chi connectivity index (χ0n) is 13.9. The first-order valence-electron chi connectivity index (χ1n) is 7.87. The van der Waals surface area contributed by atoms with Crippen LogP contribution in [0, 0.1) is 0 Å². The van der Waals surface area contributed by atoms with E-state index in [1.54, 1.807) is 18.2 Å². The number of hydrogen-bond donors (Lipinski definition) is 2. The number of anilines is 3. The second kappa shape index (κ2) is 7.32. The Balaban J connectivity index is 1.77. The van der Waals surface area contributed by atoms with Crippen molar-refractivity contribution in [2.24, 2.45) is 0 Å². The molecule has 3 rings (SSSR count). The summed E-state index contributed by atoms with van der Waals surface area (Å²) in [5, 5.41) is 2.70. The molecule has 0 aliphatic heterocycles. The first kappa shape index (κ1) is 18.8. The Morgan fingerprint density at radius 2 is 1.26 bits per heavy atom. The van der Waals surface area contributed by atoms with Gasteiger partial charge in [-0.3, -0.25) is 4.72 Å². The van der Waals surface area contributed by atoms with E-state index >= 15 is 0 Å². The highest BCUT2D eigenvalue weighted by Gasteiger charge is 2.33. The molecule has 0 fully saturated rings. The molecule has 3 aromatic carbocycles. The molecule has 0 aliphatic carbocycles. The van der Waals surface area contributed by atoms with Gasteiger partial charge >= 0.3 is 6.18 Å². The number of benzene rings is 3. The second-order valence-corrected chi connectivity index (χ2v) is 7.35. The van der Waals surface area contributed by atoms with Crippen LogP contribution in [0.25, 0.3) is 0 Å². The molecule has 0 aromatic heterocycles. The summed E-state index contributed by atoms with van der Waals surface area (Å²) in [5.41, 5.74) is -0.163. The lowest BCUT2D eigenvalue weighted by molar-refractivity contribution is -0.136. The minimum atomic E-state index is -4.48. The summed E-state index contributed by atoms with van der Waals surface area (Å²) in [7, 11) is -3.73. The van der Waals surface area contributed by atoms with Crippen LogP contribution < -0.4 is 10.0 Å². The van der Waals surface area contributed by atoms with E-state index < -0.39 is 21.8 Å². The van der Waals surface area contributed by atoms with Gasteiger partial charge in [0.15, 0.2) is 0 Å². The van der Waals surface area contributed by atoms with Crippen molar-refractivity contribution in [1.29, 1.82) is 0 Å². The average Bonchev–Trinajstić information content (AvgIpc) is 2.63. The van der Waals surface area contributed by atoms with Gasteiger partial charge in [-0.05, 0) is 48.5 Å². The maximum absolute atomic E-state index is 13.0. The average molecular weight is 392 g/mol. The number of nitrogens with one attached hydrogen (secondary N) is 2. The highest BCUT2D eigenvalue weighted by atomic mass is 32.2. The summed E-state index contributed by atoms with van der Waals surface area (Å²) in [6, 6.07) is 18.9. The molecule has 0 saturated heterocycles. The molecular formula is C19H15F3N2O2S. The summed E-state index contributed by atoms with van der Waals surface area (Å²) in [6.45, 7) is 0. The van der Waals surface area contributed by atoms with E-state index in [-0.39, 0.29) is 10.6 Å². The second-order valence-electron chi connectivity index (χ2n) is 5.66. The molecule has 27 heavy (non-hydrogen) atoms. The zero-order chi connectivity index (χ0) is 19.5. The van der Waals surface area contributed by atoms with E-state index in [1.165, 1.54) is 54.6 Å². The fourth-order valence-corrected chi connectivity index (χ4v) is 3.51. The van der Waals surface area contributed by atoms with E-state index in [2.05, 4.69) is 10.0 Å². The van der Waals surface area contributed by atoms with E-state index in [0.717, 1.165) is 6.07 Å². The van der Waals surface area contributed by atoms with Gasteiger partial charge in [-0.1, -0.05) is 30.3 Å². The highest BCUT2D eigenvalue weighted by Crippen LogP contribution is 2.36. The van der Waals surface area contributed by atoms with Crippen molar-refractivity contribution in [3.63, 3.8) is 0 Å². The number of sulfonamides is 1. The first-order chi connectivity index (χ1) is 12.8. The van der Waals surface area contributed by atoms with Crippen LogP contribution in [0.5, 0.6) is 0 Å². The van der Waals surface area contributed by atoms with Gasteiger partial charge in [-0.15, -0.1) is 0 Å². The standard InChI is InChI=1S/C19H15F3N2O2S/c20-19(21,22)17-8-4-5-9-18(17)23-14-10-12-15(13-11-14)24-27(25,26)16-6-2-1-3-7-16/h1-13,23-24H. The molecule has 0 atom stereocenters. The van der Waals surface area contributed by atoms with Crippen LogP contribution in [0.4, 0.5) is 30.2 Å². The van der Waals surface area contributed by atoms with Crippen molar-refractivity contribution >= 4 is 27.1 Å². The van der Waals surface area contributed by atoms with Crippen LogP contribution in [0.15, 0.2) is 83.8 Å². The summed E-state index contributed by atoms with van der Waals surface area (Å²) in [6.07, 6.45) is -4.48. The van der Waals surface area contributed by atoms with Crippen molar-refractivity contribution in [2.75, 3.05) is 10.0 Å². The molecule has 0 aliphatic rings. The maximum atomic E-state index is 13.0. The Labute approximate surface area is 154 Å². The van der Waals surface area contributed by atoms with Crippen LogP contribution in [0.3, 0.4) is 0 Å². The Bertz CT molecular complexity index is 1020. The van der Waals surface area contributed by atoms with E-state index in [4.69, 9.17) is 0 Å². The third-order valence-electron chi connectivity index (χ3n) is 3.70. The van der Waals surface area contributed by atoms with Gasteiger partial charge in [0.1, 0.15) is 0 Å². The molecule has 140 valence electrons. The largest absolute Gasteiger partial charge is 0.418 e. The normalized spacial score (nSPS) is 11.8.